The lowest BCUT2D eigenvalue weighted by atomic mass is 10.3. The summed E-state index contributed by atoms with van der Waals surface area (Å²) in [7, 11) is 0. The summed E-state index contributed by atoms with van der Waals surface area (Å²) in [4.78, 5) is 14.9. The molecule has 92 valence electrons. The number of hydrogen-bond donors (Lipinski definition) is 0. The van der Waals surface area contributed by atoms with Gasteiger partial charge >= 0.3 is 6.18 Å². The zero-order valence-corrected chi connectivity index (χ0v) is 10.9. The monoisotopic (exact) mass is 326 g/mol. The van der Waals surface area contributed by atoms with Crippen molar-refractivity contribution in [2.24, 2.45) is 0 Å². The summed E-state index contributed by atoms with van der Waals surface area (Å²) in [5.74, 6) is 0. The van der Waals surface area contributed by atoms with Gasteiger partial charge in [-0.15, -0.1) is 0 Å². The number of rotatable bonds is 1. The van der Waals surface area contributed by atoms with Gasteiger partial charge in [0.2, 0.25) is 0 Å². The Morgan fingerprint density at radius 3 is 2.71 bits per heavy atom. The van der Waals surface area contributed by atoms with Crippen molar-refractivity contribution >= 4 is 32.2 Å². The van der Waals surface area contributed by atoms with E-state index in [1.165, 1.54) is 6.07 Å². The van der Waals surface area contributed by atoms with Crippen LogP contribution >= 0.6 is 27.3 Å². The fraction of sp³-hybridized carbons (Fsp3) is 0.333. The normalized spacial score (nSPS) is 12.3. The number of nitrogens with zero attached hydrogens (tertiary/aromatic N) is 2. The van der Waals surface area contributed by atoms with E-state index < -0.39 is 16.6 Å². The molecule has 0 aliphatic rings. The summed E-state index contributed by atoms with van der Waals surface area (Å²) < 4.78 is 38.6. The Bertz CT molecular complexity index is 631. The fourth-order valence-corrected chi connectivity index (χ4v) is 3.18. The number of fused-ring (bicyclic) bond motifs is 1. The van der Waals surface area contributed by atoms with Crippen LogP contribution in [0.4, 0.5) is 13.2 Å². The molecule has 8 heteroatoms. The molecule has 0 unspecified atom stereocenters. The van der Waals surface area contributed by atoms with Gasteiger partial charge in [0.05, 0.1) is 0 Å². The second-order valence-corrected chi connectivity index (χ2v) is 5.01. The Morgan fingerprint density at radius 2 is 2.18 bits per heavy atom. The van der Waals surface area contributed by atoms with Crippen LogP contribution < -0.4 is 5.56 Å². The van der Waals surface area contributed by atoms with Gasteiger partial charge in [-0.1, -0.05) is 18.3 Å². The number of thiazole rings is 1. The van der Waals surface area contributed by atoms with E-state index in [0.29, 0.717) is 23.5 Å². The topological polar surface area (TPSA) is 34.4 Å². The first-order chi connectivity index (χ1) is 7.84. The van der Waals surface area contributed by atoms with Gasteiger partial charge in [0, 0.05) is 11.8 Å². The van der Waals surface area contributed by atoms with Crippen LogP contribution in [0.15, 0.2) is 15.5 Å². The van der Waals surface area contributed by atoms with E-state index in [0.717, 1.165) is 4.40 Å². The molecular formula is C9H6BrF3N2OS. The van der Waals surface area contributed by atoms with Crippen molar-refractivity contribution in [3.8, 4) is 0 Å². The van der Waals surface area contributed by atoms with Gasteiger partial charge in [0.15, 0.2) is 4.96 Å². The Labute approximate surface area is 106 Å². The van der Waals surface area contributed by atoms with Crippen molar-refractivity contribution in [2.45, 2.75) is 19.5 Å². The first-order valence-corrected chi connectivity index (χ1v) is 6.23. The molecule has 2 rings (SSSR count). The van der Waals surface area contributed by atoms with Crippen LogP contribution in [0, 0.1) is 0 Å². The lowest BCUT2D eigenvalue weighted by molar-refractivity contribution is -0.135. The minimum absolute atomic E-state index is 0.0496. The van der Waals surface area contributed by atoms with E-state index in [4.69, 9.17) is 0 Å². The Kier molecular flexibility index (Phi) is 3.03. The van der Waals surface area contributed by atoms with Crippen LogP contribution in [-0.2, 0) is 12.6 Å². The third kappa shape index (κ3) is 2.11. The van der Waals surface area contributed by atoms with E-state index in [1.807, 2.05) is 0 Å². The van der Waals surface area contributed by atoms with Gasteiger partial charge in [0.25, 0.3) is 5.56 Å². The van der Waals surface area contributed by atoms with Crippen LogP contribution in [0.5, 0.6) is 0 Å². The summed E-state index contributed by atoms with van der Waals surface area (Å²) in [6, 6.07) is 1.24. The van der Waals surface area contributed by atoms with Gasteiger partial charge in [-0.3, -0.25) is 4.79 Å². The molecule has 0 saturated heterocycles. The van der Waals surface area contributed by atoms with Crippen LogP contribution in [0.2, 0.25) is 0 Å². The lowest BCUT2D eigenvalue weighted by Gasteiger charge is -2.01. The first kappa shape index (κ1) is 12.6. The van der Waals surface area contributed by atoms with Crippen LogP contribution in [-0.4, -0.2) is 9.38 Å². The number of halogens is 4. The quantitative estimate of drug-likeness (QED) is 0.807. The highest BCUT2D eigenvalue weighted by Crippen LogP contribution is 2.39. The van der Waals surface area contributed by atoms with Gasteiger partial charge in [-0.25, -0.2) is 9.38 Å². The molecule has 0 atom stereocenters. The van der Waals surface area contributed by atoms with Crippen molar-refractivity contribution in [1.29, 1.82) is 0 Å². The van der Waals surface area contributed by atoms with E-state index in [1.54, 1.807) is 6.92 Å². The van der Waals surface area contributed by atoms with Gasteiger partial charge in [-0.2, -0.15) is 13.2 Å². The van der Waals surface area contributed by atoms with E-state index in [-0.39, 0.29) is 9.56 Å². The standard InChI is InChI=1S/C9H6BrF3N2OS/c1-2-4-3-5(16)15-7(10)6(9(11,12)13)17-8(15)14-4/h3H,2H2,1H3. The molecule has 2 aromatic rings. The highest BCUT2D eigenvalue weighted by molar-refractivity contribution is 9.10. The second-order valence-electron chi connectivity index (χ2n) is 3.28. The van der Waals surface area contributed by atoms with Crippen molar-refractivity contribution in [1.82, 2.24) is 9.38 Å². The predicted octanol–water partition coefficient (Wildman–Crippen LogP) is 3.10. The van der Waals surface area contributed by atoms with E-state index >= 15 is 0 Å². The third-order valence-electron chi connectivity index (χ3n) is 2.14. The largest absolute Gasteiger partial charge is 0.428 e. The molecule has 0 aliphatic carbocycles. The Hall–Kier alpha value is -0.890. The number of aromatic nitrogens is 2. The minimum atomic E-state index is -4.49. The maximum Gasteiger partial charge on any atom is 0.428 e. The average molecular weight is 327 g/mol. The summed E-state index contributed by atoms with van der Waals surface area (Å²) >= 11 is 3.25. The Morgan fingerprint density at radius 1 is 1.53 bits per heavy atom. The molecule has 0 saturated carbocycles. The van der Waals surface area contributed by atoms with Crippen molar-refractivity contribution in [3.05, 3.63) is 31.6 Å². The molecule has 0 N–H and O–H groups in total. The maximum absolute atomic E-state index is 12.6. The highest BCUT2D eigenvalue weighted by Gasteiger charge is 2.37. The molecule has 3 nitrogen and oxygen atoms in total. The van der Waals surface area contributed by atoms with Crippen molar-refractivity contribution in [3.63, 3.8) is 0 Å². The molecule has 0 aliphatic heterocycles. The van der Waals surface area contributed by atoms with Gasteiger partial charge in [0.1, 0.15) is 9.48 Å². The summed E-state index contributed by atoms with van der Waals surface area (Å²) in [5, 5.41) is 0. The Balaban J connectivity index is 2.83. The van der Waals surface area contributed by atoms with Gasteiger partial charge in [-0.05, 0) is 22.4 Å². The van der Waals surface area contributed by atoms with Crippen molar-refractivity contribution < 1.29 is 13.2 Å². The smallest absolute Gasteiger partial charge is 0.269 e. The average Bonchev–Trinajstić information content (AvgIpc) is 2.55. The molecule has 0 radical (unpaired) electrons. The molecule has 0 spiro atoms. The molecule has 2 aromatic heterocycles. The number of hydrogen-bond acceptors (Lipinski definition) is 3. The molecule has 0 fully saturated rings. The molecule has 17 heavy (non-hydrogen) atoms. The number of aryl methyl sites for hydroxylation is 1. The van der Waals surface area contributed by atoms with E-state index in [9.17, 15) is 18.0 Å². The second kappa shape index (κ2) is 4.09. The fourth-order valence-electron chi connectivity index (χ4n) is 1.35. The minimum Gasteiger partial charge on any atom is -0.269 e. The summed E-state index contributed by atoms with van der Waals surface area (Å²) in [6.07, 6.45) is -3.99. The predicted molar refractivity (Wildman–Crippen MR) is 61.4 cm³/mol. The van der Waals surface area contributed by atoms with Crippen LogP contribution in [0.25, 0.3) is 4.96 Å². The maximum atomic E-state index is 12.6. The van der Waals surface area contributed by atoms with Crippen LogP contribution in [0.1, 0.15) is 17.5 Å². The molecule has 0 amide bonds. The van der Waals surface area contributed by atoms with Crippen molar-refractivity contribution in [2.75, 3.05) is 0 Å². The lowest BCUT2D eigenvalue weighted by Crippen LogP contribution is -2.14. The third-order valence-corrected chi connectivity index (χ3v) is 4.24. The zero-order valence-electron chi connectivity index (χ0n) is 8.51. The molecule has 0 bridgehead atoms. The summed E-state index contributed by atoms with van der Waals surface area (Å²) in [6.45, 7) is 1.78. The van der Waals surface area contributed by atoms with Gasteiger partial charge < -0.3 is 0 Å². The first-order valence-electron chi connectivity index (χ1n) is 4.62. The highest BCUT2D eigenvalue weighted by atomic mass is 79.9. The summed E-state index contributed by atoms with van der Waals surface area (Å²) in [5.41, 5.74) is -0.0250. The van der Waals surface area contributed by atoms with E-state index in [2.05, 4.69) is 20.9 Å². The van der Waals surface area contributed by atoms with Crippen LogP contribution in [0.3, 0.4) is 0 Å². The zero-order chi connectivity index (χ0) is 12.8. The SMILES string of the molecule is CCc1cc(=O)n2c(Br)c(C(F)(F)F)sc2n1. The molecule has 0 aromatic carbocycles. The molecular weight excluding hydrogens is 321 g/mol. The molecule has 2 heterocycles. The number of alkyl halides is 3.